The van der Waals surface area contributed by atoms with Crippen molar-refractivity contribution >= 4 is 17.4 Å². The van der Waals surface area contributed by atoms with Gasteiger partial charge in [-0.3, -0.25) is 4.90 Å². The molecule has 2 atom stereocenters. The van der Waals surface area contributed by atoms with Gasteiger partial charge in [0, 0.05) is 29.2 Å². The number of piperidine rings is 1. The summed E-state index contributed by atoms with van der Waals surface area (Å²) < 4.78 is 0. The fraction of sp³-hybridized carbons (Fsp3) is 0.600. The zero-order chi connectivity index (χ0) is 12.4. The first-order valence-electron chi connectivity index (χ1n) is 7.02. The van der Waals surface area contributed by atoms with E-state index >= 15 is 0 Å². The van der Waals surface area contributed by atoms with Gasteiger partial charge in [-0.1, -0.05) is 18.6 Å². The summed E-state index contributed by atoms with van der Waals surface area (Å²) >= 11 is 1.83. The summed E-state index contributed by atoms with van der Waals surface area (Å²) in [6.45, 7) is 2.59. The number of fused-ring (bicyclic) bond motifs is 1. The van der Waals surface area contributed by atoms with Gasteiger partial charge in [-0.05, 0) is 44.2 Å². The summed E-state index contributed by atoms with van der Waals surface area (Å²) in [7, 11) is 0. The molecule has 2 unspecified atom stereocenters. The number of anilines is 1. The first kappa shape index (κ1) is 12.4. The molecule has 18 heavy (non-hydrogen) atoms. The Balaban J connectivity index is 1.72. The zero-order valence-electron chi connectivity index (χ0n) is 11.1. The van der Waals surface area contributed by atoms with Crippen LogP contribution in [0.4, 0.5) is 5.69 Å². The molecule has 0 aliphatic carbocycles. The fourth-order valence-corrected chi connectivity index (χ4v) is 3.94. The normalized spacial score (nSPS) is 28.1. The van der Waals surface area contributed by atoms with Crippen molar-refractivity contribution in [2.75, 3.05) is 24.7 Å². The lowest BCUT2D eigenvalue weighted by Gasteiger charge is -2.33. The maximum atomic E-state index is 3.80. The predicted octanol–water partition coefficient (Wildman–Crippen LogP) is 3.45. The third-order valence-electron chi connectivity index (χ3n) is 4.30. The summed E-state index contributed by atoms with van der Waals surface area (Å²) in [4.78, 5) is 4.05. The van der Waals surface area contributed by atoms with Crippen molar-refractivity contribution in [1.82, 2.24) is 4.90 Å². The van der Waals surface area contributed by atoms with E-state index in [-0.39, 0.29) is 0 Å². The van der Waals surface area contributed by atoms with Gasteiger partial charge in [0.15, 0.2) is 0 Å². The Hall–Kier alpha value is -0.670. The number of para-hydroxylation sites is 1. The molecule has 2 aliphatic rings. The van der Waals surface area contributed by atoms with Gasteiger partial charge in [0.1, 0.15) is 0 Å². The van der Waals surface area contributed by atoms with Crippen LogP contribution < -0.4 is 5.32 Å². The van der Waals surface area contributed by atoms with E-state index in [1.807, 2.05) is 11.8 Å². The van der Waals surface area contributed by atoms with E-state index in [4.69, 9.17) is 0 Å². The Morgan fingerprint density at radius 1 is 1.17 bits per heavy atom. The quantitative estimate of drug-likeness (QED) is 0.840. The second kappa shape index (κ2) is 5.54. The molecule has 2 saturated heterocycles. The van der Waals surface area contributed by atoms with Crippen molar-refractivity contribution in [3.63, 3.8) is 0 Å². The maximum Gasteiger partial charge on any atom is 0.0480 e. The SMILES string of the molecule is CSc1ccccc1NC1CCN2CCCCC12. The maximum absolute atomic E-state index is 3.80. The second-order valence-corrected chi connectivity index (χ2v) is 6.19. The lowest BCUT2D eigenvalue weighted by atomic mass is 9.99. The average Bonchev–Trinajstić information content (AvgIpc) is 2.83. The highest BCUT2D eigenvalue weighted by molar-refractivity contribution is 7.98. The van der Waals surface area contributed by atoms with Crippen LogP contribution in [0.1, 0.15) is 25.7 Å². The van der Waals surface area contributed by atoms with Crippen LogP contribution in [-0.2, 0) is 0 Å². The molecule has 0 saturated carbocycles. The highest BCUT2D eigenvalue weighted by atomic mass is 32.2. The lowest BCUT2D eigenvalue weighted by Crippen LogP contribution is -2.41. The van der Waals surface area contributed by atoms with E-state index < -0.39 is 0 Å². The van der Waals surface area contributed by atoms with Gasteiger partial charge in [-0.15, -0.1) is 11.8 Å². The van der Waals surface area contributed by atoms with E-state index in [0.29, 0.717) is 6.04 Å². The minimum absolute atomic E-state index is 0.651. The standard InChI is InChI=1S/C15H22N2S/c1-18-15-8-3-2-6-13(15)16-12-9-11-17-10-5-4-7-14(12)17/h2-3,6,8,12,14,16H,4-5,7,9-11H2,1H3. The van der Waals surface area contributed by atoms with Crippen LogP contribution in [0.3, 0.4) is 0 Å². The molecule has 0 radical (unpaired) electrons. The van der Waals surface area contributed by atoms with E-state index in [2.05, 4.69) is 40.7 Å². The Morgan fingerprint density at radius 3 is 2.94 bits per heavy atom. The average molecular weight is 262 g/mol. The topological polar surface area (TPSA) is 15.3 Å². The predicted molar refractivity (Wildman–Crippen MR) is 79.5 cm³/mol. The van der Waals surface area contributed by atoms with Crippen molar-refractivity contribution in [2.45, 2.75) is 42.7 Å². The summed E-state index contributed by atoms with van der Waals surface area (Å²) in [5, 5.41) is 3.80. The number of hydrogen-bond donors (Lipinski definition) is 1. The molecule has 2 heterocycles. The zero-order valence-corrected chi connectivity index (χ0v) is 11.9. The molecule has 2 fully saturated rings. The molecule has 0 bridgehead atoms. The second-order valence-electron chi connectivity index (χ2n) is 5.34. The molecule has 1 aromatic rings. The molecule has 0 amide bonds. The van der Waals surface area contributed by atoms with Crippen LogP contribution in [0.5, 0.6) is 0 Å². The minimum Gasteiger partial charge on any atom is -0.380 e. The van der Waals surface area contributed by atoms with Crippen molar-refractivity contribution in [1.29, 1.82) is 0 Å². The number of thioether (sulfide) groups is 1. The van der Waals surface area contributed by atoms with Crippen LogP contribution in [0.25, 0.3) is 0 Å². The van der Waals surface area contributed by atoms with E-state index in [9.17, 15) is 0 Å². The molecular weight excluding hydrogens is 240 g/mol. The Bertz CT molecular complexity index is 407. The summed E-state index contributed by atoms with van der Waals surface area (Å²) in [6.07, 6.45) is 7.63. The molecule has 3 rings (SSSR count). The Morgan fingerprint density at radius 2 is 2.06 bits per heavy atom. The number of rotatable bonds is 3. The highest BCUT2D eigenvalue weighted by Gasteiger charge is 2.35. The van der Waals surface area contributed by atoms with Crippen molar-refractivity contribution < 1.29 is 0 Å². The highest BCUT2D eigenvalue weighted by Crippen LogP contribution is 2.32. The summed E-state index contributed by atoms with van der Waals surface area (Å²) in [5.41, 5.74) is 1.32. The fourth-order valence-electron chi connectivity index (χ4n) is 3.38. The first-order chi connectivity index (χ1) is 8.88. The molecule has 0 spiro atoms. The third kappa shape index (κ3) is 2.39. The van der Waals surface area contributed by atoms with Crippen molar-refractivity contribution in [3.8, 4) is 0 Å². The number of benzene rings is 1. The molecule has 98 valence electrons. The van der Waals surface area contributed by atoms with Gasteiger partial charge in [-0.2, -0.15) is 0 Å². The molecule has 1 N–H and O–H groups in total. The van der Waals surface area contributed by atoms with Crippen LogP contribution in [0, 0.1) is 0 Å². The Kier molecular flexibility index (Phi) is 3.80. The smallest absolute Gasteiger partial charge is 0.0480 e. The number of hydrogen-bond acceptors (Lipinski definition) is 3. The van der Waals surface area contributed by atoms with E-state index in [0.717, 1.165) is 6.04 Å². The van der Waals surface area contributed by atoms with E-state index in [1.165, 1.54) is 49.4 Å². The monoisotopic (exact) mass is 262 g/mol. The molecule has 3 heteroatoms. The molecule has 1 aromatic carbocycles. The number of nitrogens with zero attached hydrogens (tertiary/aromatic N) is 1. The molecule has 2 nitrogen and oxygen atoms in total. The largest absolute Gasteiger partial charge is 0.380 e. The first-order valence-corrected chi connectivity index (χ1v) is 8.24. The molecular formula is C15H22N2S. The van der Waals surface area contributed by atoms with Gasteiger partial charge < -0.3 is 5.32 Å². The summed E-state index contributed by atoms with van der Waals surface area (Å²) in [6, 6.07) is 10.1. The van der Waals surface area contributed by atoms with Crippen LogP contribution in [0.2, 0.25) is 0 Å². The Labute approximate surface area is 114 Å². The summed E-state index contributed by atoms with van der Waals surface area (Å²) in [5.74, 6) is 0. The van der Waals surface area contributed by atoms with Crippen molar-refractivity contribution in [3.05, 3.63) is 24.3 Å². The van der Waals surface area contributed by atoms with Gasteiger partial charge >= 0.3 is 0 Å². The van der Waals surface area contributed by atoms with Crippen molar-refractivity contribution in [2.24, 2.45) is 0 Å². The lowest BCUT2D eigenvalue weighted by molar-refractivity contribution is 0.192. The minimum atomic E-state index is 0.651. The third-order valence-corrected chi connectivity index (χ3v) is 5.10. The van der Waals surface area contributed by atoms with Gasteiger partial charge in [0.05, 0.1) is 0 Å². The van der Waals surface area contributed by atoms with Gasteiger partial charge in [-0.25, -0.2) is 0 Å². The molecule has 2 aliphatic heterocycles. The van der Waals surface area contributed by atoms with Gasteiger partial charge in [0.25, 0.3) is 0 Å². The molecule has 0 aromatic heterocycles. The van der Waals surface area contributed by atoms with E-state index in [1.54, 1.807) is 0 Å². The number of nitrogens with one attached hydrogen (secondary N) is 1. The van der Waals surface area contributed by atoms with Crippen LogP contribution in [0.15, 0.2) is 29.2 Å². The van der Waals surface area contributed by atoms with Crippen LogP contribution in [-0.4, -0.2) is 36.3 Å². The van der Waals surface area contributed by atoms with Crippen LogP contribution >= 0.6 is 11.8 Å². The van der Waals surface area contributed by atoms with Gasteiger partial charge in [0.2, 0.25) is 0 Å².